The predicted molar refractivity (Wildman–Crippen MR) is 79.0 cm³/mol. The Morgan fingerprint density at radius 3 is 2.74 bits per heavy atom. The molecule has 19 heavy (non-hydrogen) atoms. The van der Waals surface area contributed by atoms with E-state index in [4.69, 9.17) is 16.3 Å². The van der Waals surface area contributed by atoms with Gasteiger partial charge in [-0.25, -0.2) is 0 Å². The molecule has 2 aromatic rings. The fraction of sp³-hybridized carbons (Fsp3) is 0.312. The van der Waals surface area contributed by atoms with Gasteiger partial charge in [0, 0.05) is 23.9 Å². The molecule has 0 aliphatic carbocycles. The van der Waals surface area contributed by atoms with E-state index in [1.54, 1.807) is 13.3 Å². The van der Waals surface area contributed by atoms with E-state index in [1.807, 2.05) is 18.2 Å². The van der Waals surface area contributed by atoms with E-state index in [9.17, 15) is 0 Å². The summed E-state index contributed by atoms with van der Waals surface area (Å²) in [6, 6.07) is 10.1. The first-order valence-electron chi connectivity index (χ1n) is 6.31. The number of ether oxygens (including phenoxy) is 1. The number of pyridine rings is 1. The Bertz CT molecular complexity index is 568. The Hall–Kier alpha value is -1.54. The molecule has 1 unspecified atom stereocenters. The van der Waals surface area contributed by atoms with Gasteiger partial charge < -0.3 is 4.74 Å². The second kappa shape index (κ2) is 6.07. The lowest BCUT2D eigenvalue weighted by Gasteiger charge is -2.15. The van der Waals surface area contributed by atoms with Gasteiger partial charge in [0.25, 0.3) is 0 Å². The molecule has 0 aliphatic rings. The molecule has 1 heterocycles. The van der Waals surface area contributed by atoms with Crippen molar-refractivity contribution in [3.05, 3.63) is 58.9 Å². The molecule has 2 nitrogen and oxygen atoms in total. The summed E-state index contributed by atoms with van der Waals surface area (Å²) < 4.78 is 5.38. The Balaban J connectivity index is 2.27. The van der Waals surface area contributed by atoms with E-state index in [-0.39, 0.29) is 5.38 Å². The fourth-order valence-corrected chi connectivity index (χ4v) is 2.43. The van der Waals surface area contributed by atoms with Gasteiger partial charge in [0.15, 0.2) is 0 Å². The van der Waals surface area contributed by atoms with E-state index in [1.165, 1.54) is 11.1 Å². The van der Waals surface area contributed by atoms with Crippen molar-refractivity contribution in [1.82, 2.24) is 4.98 Å². The molecule has 0 saturated carbocycles. The lowest BCUT2D eigenvalue weighted by molar-refractivity contribution is 0.409. The van der Waals surface area contributed by atoms with Crippen LogP contribution in [0, 0.1) is 13.8 Å². The van der Waals surface area contributed by atoms with Crippen LogP contribution in [0.5, 0.6) is 5.75 Å². The van der Waals surface area contributed by atoms with Crippen molar-refractivity contribution < 1.29 is 4.74 Å². The number of halogens is 1. The summed E-state index contributed by atoms with van der Waals surface area (Å²) in [6.07, 6.45) is 2.51. The van der Waals surface area contributed by atoms with Gasteiger partial charge in [-0.2, -0.15) is 0 Å². The minimum absolute atomic E-state index is 0.136. The van der Waals surface area contributed by atoms with Gasteiger partial charge in [0.1, 0.15) is 5.75 Å². The molecule has 0 bridgehead atoms. The van der Waals surface area contributed by atoms with Crippen molar-refractivity contribution in [2.24, 2.45) is 0 Å². The van der Waals surface area contributed by atoms with E-state index in [0.29, 0.717) is 6.42 Å². The van der Waals surface area contributed by atoms with Gasteiger partial charge in [-0.3, -0.25) is 4.98 Å². The molecule has 2 rings (SSSR count). The Morgan fingerprint density at radius 2 is 2.05 bits per heavy atom. The number of aromatic nitrogens is 1. The van der Waals surface area contributed by atoms with Gasteiger partial charge in [0.05, 0.1) is 12.5 Å². The number of hydrogen-bond donors (Lipinski definition) is 0. The maximum atomic E-state index is 6.55. The van der Waals surface area contributed by atoms with E-state index < -0.39 is 0 Å². The zero-order valence-electron chi connectivity index (χ0n) is 11.5. The summed E-state index contributed by atoms with van der Waals surface area (Å²) >= 11 is 6.55. The van der Waals surface area contributed by atoms with E-state index >= 15 is 0 Å². The molecule has 1 aromatic carbocycles. The van der Waals surface area contributed by atoms with Crippen molar-refractivity contribution in [3.8, 4) is 5.75 Å². The monoisotopic (exact) mass is 275 g/mol. The standard InChI is InChI=1S/C16H18ClNO/c1-11-6-7-16(19-3)13(9-11)14(17)10-15-12(2)5-4-8-18-15/h4-9,14H,10H2,1-3H3. The largest absolute Gasteiger partial charge is 0.496 e. The summed E-state index contributed by atoms with van der Waals surface area (Å²) in [5.41, 5.74) is 4.40. The molecule has 0 radical (unpaired) electrons. The van der Waals surface area contributed by atoms with Crippen LogP contribution in [0.4, 0.5) is 0 Å². The number of nitrogens with zero attached hydrogens (tertiary/aromatic N) is 1. The van der Waals surface area contributed by atoms with E-state index in [2.05, 4.69) is 31.0 Å². The van der Waals surface area contributed by atoms with Gasteiger partial charge in [-0.1, -0.05) is 23.8 Å². The van der Waals surface area contributed by atoms with Crippen LogP contribution in [0.1, 0.15) is 27.8 Å². The molecule has 1 aromatic heterocycles. The molecular formula is C16H18ClNO. The van der Waals surface area contributed by atoms with Crippen LogP contribution in [-0.4, -0.2) is 12.1 Å². The summed E-state index contributed by atoms with van der Waals surface area (Å²) in [4.78, 5) is 4.40. The van der Waals surface area contributed by atoms with E-state index in [0.717, 1.165) is 17.0 Å². The van der Waals surface area contributed by atoms with Crippen LogP contribution >= 0.6 is 11.6 Å². The first-order chi connectivity index (χ1) is 9.11. The highest BCUT2D eigenvalue weighted by Gasteiger charge is 2.16. The second-order valence-electron chi connectivity index (χ2n) is 4.68. The first-order valence-corrected chi connectivity index (χ1v) is 6.74. The number of rotatable bonds is 4. The highest BCUT2D eigenvalue weighted by molar-refractivity contribution is 6.21. The summed E-state index contributed by atoms with van der Waals surface area (Å²) in [7, 11) is 1.67. The van der Waals surface area contributed by atoms with Crippen LogP contribution in [0.3, 0.4) is 0 Å². The van der Waals surface area contributed by atoms with Crippen molar-refractivity contribution in [2.75, 3.05) is 7.11 Å². The maximum Gasteiger partial charge on any atom is 0.123 e. The third-order valence-corrected chi connectivity index (χ3v) is 3.60. The molecule has 0 N–H and O–H groups in total. The Kier molecular flexibility index (Phi) is 4.43. The topological polar surface area (TPSA) is 22.1 Å². The number of methoxy groups -OCH3 is 1. The second-order valence-corrected chi connectivity index (χ2v) is 5.21. The van der Waals surface area contributed by atoms with Crippen molar-refractivity contribution >= 4 is 11.6 Å². The number of hydrogen-bond acceptors (Lipinski definition) is 2. The maximum absolute atomic E-state index is 6.55. The van der Waals surface area contributed by atoms with Crippen molar-refractivity contribution in [3.63, 3.8) is 0 Å². The minimum Gasteiger partial charge on any atom is -0.496 e. The molecule has 0 aliphatic heterocycles. The molecule has 0 spiro atoms. The molecule has 100 valence electrons. The molecule has 0 fully saturated rings. The molecule has 0 saturated heterocycles. The third-order valence-electron chi connectivity index (χ3n) is 3.21. The zero-order valence-corrected chi connectivity index (χ0v) is 12.2. The van der Waals surface area contributed by atoms with Gasteiger partial charge >= 0.3 is 0 Å². The lowest BCUT2D eigenvalue weighted by atomic mass is 10.0. The summed E-state index contributed by atoms with van der Waals surface area (Å²) in [5, 5.41) is -0.136. The number of alkyl halides is 1. The van der Waals surface area contributed by atoms with Crippen LogP contribution in [0.25, 0.3) is 0 Å². The summed E-state index contributed by atoms with van der Waals surface area (Å²) in [6.45, 7) is 4.11. The zero-order chi connectivity index (χ0) is 13.8. The number of benzene rings is 1. The Labute approximate surface area is 119 Å². The fourth-order valence-electron chi connectivity index (χ4n) is 2.11. The average Bonchev–Trinajstić information content (AvgIpc) is 2.41. The molecule has 3 heteroatoms. The first kappa shape index (κ1) is 13.9. The van der Waals surface area contributed by atoms with Crippen LogP contribution < -0.4 is 4.74 Å². The van der Waals surface area contributed by atoms with Crippen LogP contribution in [0.2, 0.25) is 0 Å². The molecular weight excluding hydrogens is 258 g/mol. The normalized spacial score (nSPS) is 12.2. The van der Waals surface area contributed by atoms with Crippen molar-refractivity contribution in [1.29, 1.82) is 0 Å². The average molecular weight is 276 g/mol. The number of aryl methyl sites for hydroxylation is 2. The summed E-state index contributed by atoms with van der Waals surface area (Å²) in [5.74, 6) is 0.833. The predicted octanol–water partition coefficient (Wildman–Crippen LogP) is 4.23. The van der Waals surface area contributed by atoms with Gasteiger partial charge in [0.2, 0.25) is 0 Å². The minimum atomic E-state index is -0.136. The van der Waals surface area contributed by atoms with Crippen LogP contribution in [-0.2, 0) is 6.42 Å². The lowest BCUT2D eigenvalue weighted by Crippen LogP contribution is -2.02. The Morgan fingerprint density at radius 1 is 1.26 bits per heavy atom. The van der Waals surface area contributed by atoms with Gasteiger partial charge in [-0.15, -0.1) is 11.6 Å². The smallest absolute Gasteiger partial charge is 0.123 e. The SMILES string of the molecule is COc1ccc(C)cc1C(Cl)Cc1ncccc1C. The highest BCUT2D eigenvalue weighted by Crippen LogP contribution is 2.33. The molecule has 0 amide bonds. The van der Waals surface area contributed by atoms with Crippen molar-refractivity contribution in [2.45, 2.75) is 25.6 Å². The highest BCUT2D eigenvalue weighted by atomic mass is 35.5. The quantitative estimate of drug-likeness (QED) is 0.779. The molecule has 1 atom stereocenters. The third kappa shape index (κ3) is 3.27. The van der Waals surface area contributed by atoms with Crippen LogP contribution in [0.15, 0.2) is 36.5 Å². The van der Waals surface area contributed by atoms with Gasteiger partial charge in [-0.05, 0) is 31.5 Å².